The van der Waals surface area contributed by atoms with Gasteiger partial charge in [-0.1, -0.05) is 29.3 Å². The largest absolute Gasteiger partial charge is 0.497 e. The fourth-order valence-electron chi connectivity index (χ4n) is 3.94. The molecule has 0 unspecified atom stereocenters. The molecule has 12 heteroatoms. The van der Waals surface area contributed by atoms with Gasteiger partial charge < -0.3 is 4.74 Å². The van der Waals surface area contributed by atoms with E-state index >= 15 is 0 Å². The number of Topliss-reactive ketones (excluding diaryl/α,β-unsaturated/α-hetero) is 1. The Morgan fingerprint density at radius 3 is 2.30 bits per heavy atom. The van der Waals surface area contributed by atoms with Crippen LogP contribution in [0.1, 0.15) is 48.4 Å². The molecule has 0 spiro atoms. The Morgan fingerprint density at radius 1 is 1.03 bits per heavy atom. The van der Waals surface area contributed by atoms with Gasteiger partial charge in [-0.2, -0.15) is 5.01 Å². The van der Waals surface area contributed by atoms with E-state index in [9.17, 15) is 29.3 Å². The topological polar surface area (TPSA) is 127 Å². The quantitative estimate of drug-likeness (QED) is 0.181. The third-order valence-electron chi connectivity index (χ3n) is 5.77. The molecule has 0 N–H and O–H groups in total. The van der Waals surface area contributed by atoms with Crippen LogP contribution >= 0.6 is 23.2 Å². The van der Waals surface area contributed by atoms with E-state index in [1.165, 1.54) is 68.6 Å². The standard InChI is InChI=1S/C25H17Cl2N3O7/c1-13(22(31)14-6-9-16(37-2)10-7-14)28(23(32)17-11-8-15(26)12-19(17)27)29-24(33)18-4-3-5-20(30(35)36)21(18)25(29)34/h3-13H,1-2H3/t13-/m1/s1. The van der Waals surface area contributed by atoms with Crippen LogP contribution in [0.4, 0.5) is 5.69 Å². The fourth-order valence-corrected chi connectivity index (χ4v) is 4.43. The smallest absolute Gasteiger partial charge is 0.287 e. The molecule has 3 amide bonds. The van der Waals surface area contributed by atoms with E-state index in [0.29, 0.717) is 15.8 Å². The number of methoxy groups -OCH3 is 1. The Balaban J connectivity index is 1.84. The number of ketones is 1. The molecule has 1 aliphatic heterocycles. The first-order valence-corrected chi connectivity index (χ1v) is 11.4. The van der Waals surface area contributed by atoms with E-state index in [-0.39, 0.29) is 26.7 Å². The number of hydrogen-bond acceptors (Lipinski definition) is 7. The van der Waals surface area contributed by atoms with Gasteiger partial charge in [-0.3, -0.25) is 29.3 Å². The minimum atomic E-state index is -1.41. The minimum Gasteiger partial charge on any atom is -0.497 e. The SMILES string of the molecule is COc1ccc(C(=O)[C@@H](C)N(C(=O)c2ccc(Cl)cc2Cl)N2C(=O)c3cccc([N+](=O)[O-])c3C2=O)cc1. The molecule has 3 aromatic rings. The Hall–Kier alpha value is -4.28. The van der Waals surface area contributed by atoms with E-state index in [1.54, 1.807) is 0 Å². The van der Waals surface area contributed by atoms with E-state index in [0.717, 1.165) is 6.07 Å². The summed E-state index contributed by atoms with van der Waals surface area (Å²) >= 11 is 12.2. The molecule has 0 fully saturated rings. The predicted molar refractivity (Wildman–Crippen MR) is 133 cm³/mol. The summed E-state index contributed by atoms with van der Waals surface area (Å²) in [6, 6.07) is 12.1. The monoisotopic (exact) mass is 541 g/mol. The third-order valence-corrected chi connectivity index (χ3v) is 6.32. The van der Waals surface area contributed by atoms with Crippen LogP contribution in [0.25, 0.3) is 0 Å². The lowest BCUT2D eigenvalue weighted by molar-refractivity contribution is -0.385. The maximum atomic E-state index is 13.7. The molecule has 1 aliphatic rings. The molecule has 0 bridgehead atoms. The maximum absolute atomic E-state index is 13.7. The summed E-state index contributed by atoms with van der Waals surface area (Å²) in [4.78, 5) is 64.7. The van der Waals surface area contributed by atoms with Gasteiger partial charge in [0.15, 0.2) is 5.78 Å². The van der Waals surface area contributed by atoms with E-state index in [1.807, 2.05) is 0 Å². The van der Waals surface area contributed by atoms with Crippen molar-refractivity contribution in [3.05, 3.63) is 103 Å². The number of halogens is 2. The number of nitro benzene ring substituents is 1. The lowest BCUT2D eigenvalue weighted by atomic mass is 10.0. The third kappa shape index (κ3) is 4.52. The first-order valence-electron chi connectivity index (χ1n) is 10.7. The normalized spacial score (nSPS) is 13.2. The highest BCUT2D eigenvalue weighted by Gasteiger charge is 2.48. The summed E-state index contributed by atoms with van der Waals surface area (Å²) < 4.78 is 5.10. The Labute approximate surface area is 220 Å². The molecule has 3 aromatic carbocycles. The molecular formula is C25H17Cl2N3O7. The molecule has 0 aliphatic carbocycles. The van der Waals surface area contributed by atoms with Crippen LogP contribution in [0, 0.1) is 10.1 Å². The molecule has 0 saturated carbocycles. The number of carbonyl (C=O) groups excluding carboxylic acids is 4. The van der Waals surface area contributed by atoms with Gasteiger partial charge in [0, 0.05) is 16.7 Å². The molecule has 10 nitrogen and oxygen atoms in total. The molecule has 188 valence electrons. The van der Waals surface area contributed by atoms with Gasteiger partial charge in [0.25, 0.3) is 23.4 Å². The van der Waals surface area contributed by atoms with Crippen LogP contribution in [0.15, 0.2) is 60.7 Å². The summed E-state index contributed by atoms with van der Waals surface area (Å²) in [6.45, 7) is 1.33. The van der Waals surface area contributed by atoms with Crippen LogP contribution in [-0.2, 0) is 0 Å². The zero-order chi connectivity index (χ0) is 27.0. The van der Waals surface area contributed by atoms with Crippen LogP contribution in [-0.4, -0.2) is 51.6 Å². The maximum Gasteiger partial charge on any atom is 0.287 e. The van der Waals surface area contributed by atoms with Gasteiger partial charge >= 0.3 is 0 Å². The Kier molecular flexibility index (Phi) is 6.97. The molecule has 1 heterocycles. The number of hydrogen-bond donors (Lipinski definition) is 0. The summed E-state index contributed by atoms with van der Waals surface area (Å²) in [5.74, 6) is -3.23. The van der Waals surface area contributed by atoms with Gasteiger partial charge in [-0.15, -0.1) is 0 Å². The number of nitro groups is 1. The fraction of sp³-hybridized carbons (Fsp3) is 0.120. The first-order chi connectivity index (χ1) is 17.6. The minimum absolute atomic E-state index is 0.0887. The molecule has 4 rings (SSSR count). The summed E-state index contributed by atoms with van der Waals surface area (Å²) in [5, 5.41) is 12.8. The number of imide groups is 1. The van der Waals surface area contributed by atoms with Crippen molar-refractivity contribution in [2.75, 3.05) is 7.11 Å². The van der Waals surface area contributed by atoms with Crippen molar-refractivity contribution >= 4 is 52.4 Å². The van der Waals surface area contributed by atoms with Crippen molar-refractivity contribution < 1.29 is 28.8 Å². The van der Waals surface area contributed by atoms with Crippen LogP contribution in [0.5, 0.6) is 5.75 Å². The molecule has 37 heavy (non-hydrogen) atoms. The summed E-state index contributed by atoms with van der Waals surface area (Å²) in [6.07, 6.45) is 0. The molecular weight excluding hydrogens is 525 g/mol. The summed E-state index contributed by atoms with van der Waals surface area (Å²) in [5.41, 5.74) is -1.35. The van der Waals surface area contributed by atoms with Crippen molar-refractivity contribution in [1.82, 2.24) is 10.0 Å². The second kappa shape index (κ2) is 10.00. The van der Waals surface area contributed by atoms with Crippen LogP contribution in [0.2, 0.25) is 10.0 Å². The second-order valence-electron chi connectivity index (χ2n) is 7.92. The van der Waals surface area contributed by atoms with E-state index in [4.69, 9.17) is 27.9 Å². The zero-order valence-corrected chi connectivity index (χ0v) is 20.8. The summed E-state index contributed by atoms with van der Waals surface area (Å²) in [7, 11) is 1.46. The van der Waals surface area contributed by atoms with Gasteiger partial charge in [-0.25, -0.2) is 5.01 Å². The van der Waals surface area contributed by atoms with Gasteiger partial charge in [-0.05, 0) is 55.5 Å². The number of ether oxygens (including phenoxy) is 1. The molecule has 0 radical (unpaired) electrons. The number of fused-ring (bicyclic) bond motifs is 1. The first kappa shape index (κ1) is 25.8. The number of benzene rings is 3. The molecule has 1 atom stereocenters. The van der Waals surface area contributed by atoms with Crippen molar-refractivity contribution in [3.63, 3.8) is 0 Å². The van der Waals surface area contributed by atoms with E-state index in [2.05, 4.69) is 0 Å². The predicted octanol–water partition coefficient (Wildman–Crippen LogP) is 4.84. The van der Waals surface area contributed by atoms with E-state index < -0.39 is 45.7 Å². The van der Waals surface area contributed by atoms with Crippen molar-refractivity contribution in [2.24, 2.45) is 0 Å². The second-order valence-corrected chi connectivity index (χ2v) is 8.77. The molecule has 0 saturated heterocycles. The number of amides is 3. The lowest BCUT2D eigenvalue weighted by Crippen LogP contribution is -2.56. The van der Waals surface area contributed by atoms with Gasteiger partial charge in [0.1, 0.15) is 17.4 Å². The van der Waals surface area contributed by atoms with Gasteiger partial charge in [0.2, 0.25) is 0 Å². The number of rotatable bonds is 7. The highest BCUT2D eigenvalue weighted by Crippen LogP contribution is 2.34. The number of carbonyl (C=O) groups is 4. The van der Waals surface area contributed by atoms with Crippen LogP contribution < -0.4 is 4.74 Å². The highest BCUT2D eigenvalue weighted by molar-refractivity contribution is 6.37. The van der Waals surface area contributed by atoms with Crippen molar-refractivity contribution in [3.8, 4) is 5.75 Å². The lowest BCUT2D eigenvalue weighted by Gasteiger charge is -2.34. The van der Waals surface area contributed by atoms with Crippen molar-refractivity contribution in [2.45, 2.75) is 13.0 Å². The Bertz CT molecular complexity index is 1470. The van der Waals surface area contributed by atoms with Crippen molar-refractivity contribution in [1.29, 1.82) is 0 Å². The average Bonchev–Trinajstić information content (AvgIpc) is 3.13. The zero-order valence-electron chi connectivity index (χ0n) is 19.3. The average molecular weight is 542 g/mol. The van der Waals surface area contributed by atoms with Gasteiger partial charge in [0.05, 0.1) is 28.2 Å². The van der Waals surface area contributed by atoms with Crippen LogP contribution in [0.3, 0.4) is 0 Å². The number of hydrazine groups is 1. The highest BCUT2D eigenvalue weighted by atomic mass is 35.5. The molecule has 0 aromatic heterocycles. The Morgan fingerprint density at radius 2 is 1.70 bits per heavy atom. The number of nitrogens with zero attached hydrogens (tertiary/aromatic N) is 3.